The zero-order valence-corrected chi connectivity index (χ0v) is 60.9. The highest BCUT2D eigenvalue weighted by molar-refractivity contribution is 7.45. The van der Waals surface area contributed by atoms with E-state index in [1.807, 2.05) is 21.1 Å². The molecule has 2 unspecified atom stereocenters. The summed E-state index contributed by atoms with van der Waals surface area (Å²) in [5.41, 5.74) is 0. The number of hydrogen-bond donors (Lipinski definition) is 0. The molecule has 91 heavy (non-hydrogen) atoms. The number of likely N-dealkylation sites (N-methyl/N-ethyl adjacent to an activating group) is 1. The van der Waals surface area contributed by atoms with Crippen molar-refractivity contribution < 1.29 is 42.1 Å². The van der Waals surface area contributed by atoms with Crippen LogP contribution in [0.5, 0.6) is 0 Å². The number of carbonyl (C=O) groups excluding carboxylic acids is 2. The van der Waals surface area contributed by atoms with Crippen LogP contribution in [0.3, 0.4) is 0 Å². The third kappa shape index (κ3) is 75.6. The van der Waals surface area contributed by atoms with Crippen LogP contribution in [0.2, 0.25) is 0 Å². The van der Waals surface area contributed by atoms with Crippen LogP contribution in [0.1, 0.15) is 341 Å². The Morgan fingerprint density at radius 3 is 0.934 bits per heavy atom. The summed E-state index contributed by atoms with van der Waals surface area (Å²) in [7, 11) is 1.17. The molecule has 0 bridgehead atoms. The zero-order chi connectivity index (χ0) is 66.2. The van der Waals surface area contributed by atoms with Crippen LogP contribution in [-0.4, -0.2) is 70.0 Å². The third-order valence-corrected chi connectivity index (χ3v) is 17.5. The summed E-state index contributed by atoms with van der Waals surface area (Å²) >= 11 is 0. The van der Waals surface area contributed by atoms with Crippen molar-refractivity contribution in [3.05, 3.63) is 109 Å². The van der Waals surface area contributed by atoms with E-state index in [2.05, 4.69) is 123 Å². The van der Waals surface area contributed by atoms with Gasteiger partial charge in [-0.3, -0.25) is 14.2 Å². The second kappa shape index (κ2) is 71.0. The lowest BCUT2D eigenvalue weighted by atomic mass is 10.0. The number of allylic oxidation sites excluding steroid dienone is 18. The summed E-state index contributed by atoms with van der Waals surface area (Å²) in [6.07, 6.45) is 100. The van der Waals surface area contributed by atoms with E-state index in [1.54, 1.807) is 0 Å². The molecule has 0 aromatic heterocycles. The van der Waals surface area contributed by atoms with Gasteiger partial charge < -0.3 is 27.9 Å². The van der Waals surface area contributed by atoms with Gasteiger partial charge in [-0.15, -0.1) is 0 Å². The monoisotopic (exact) mass is 1290 g/mol. The van der Waals surface area contributed by atoms with E-state index in [-0.39, 0.29) is 32.0 Å². The predicted molar refractivity (Wildman–Crippen MR) is 392 cm³/mol. The first kappa shape index (κ1) is 87.7. The molecule has 0 rings (SSSR count). The van der Waals surface area contributed by atoms with Crippen LogP contribution in [0.25, 0.3) is 0 Å². The Morgan fingerprint density at radius 2 is 0.626 bits per heavy atom. The van der Waals surface area contributed by atoms with Gasteiger partial charge in [0, 0.05) is 12.8 Å². The van der Waals surface area contributed by atoms with E-state index in [1.165, 1.54) is 205 Å². The molecule has 526 valence electrons. The summed E-state index contributed by atoms with van der Waals surface area (Å²) < 4.78 is 34.4. The average molecular weight is 1290 g/mol. The molecule has 2 atom stereocenters. The Balaban J connectivity index is 4.03. The van der Waals surface area contributed by atoms with Gasteiger partial charge in [0.1, 0.15) is 19.8 Å². The highest BCUT2D eigenvalue weighted by Gasteiger charge is 2.22. The summed E-state index contributed by atoms with van der Waals surface area (Å²) in [6.45, 7) is 4.17. The van der Waals surface area contributed by atoms with Gasteiger partial charge in [0.25, 0.3) is 7.82 Å². The van der Waals surface area contributed by atoms with Gasteiger partial charge >= 0.3 is 11.9 Å². The SMILES string of the molecule is CC/C=C\C/C=C\C/C=C\C/C=C\C/C=C\C/C=C\C/C=C\C/C=C\C/C=C\CCCCCCCCCCCCCC(=O)OC(COC(=O)CCCCCCCCCCCCCCCCCCCCCCCCCCCCCC)COP(=O)([O-])OCC[N+](C)(C)C. The van der Waals surface area contributed by atoms with Crippen LogP contribution < -0.4 is 4.89 Å². The van der Waals surface area contributed by atoms with Crippen molar-refractivity contribution in [1.82, 2.24) is 0 Å². The number of hydrogen-bond acceptors (Lipinski definition) is 8. The van der Waals surface area contributed by atoms with Crippen LogP contribution in [0.15, 0.2) is 109 Å². The van der Waals surface area contributed by atoms with E-state index < -0.39 is 26.5 Å². The summed E-state index contributed by atoms with van der Waals surface area (Å²) in [4.78, 5) is 38.1. The van der Waals surface area contributed by atoms with Crippen molar-refractivity contribution in [1.29, 1.82) is 0 Å². The molecule has 0 N–H and O–H groups in total. The first-order chi connectivity index (χ1) is 44.5. The summed E-state index contributed by atoms with van der Waals surface area (Å²) in [5.74, 6) is -0.826. The van der Waals surface area contributed by atoms with Crippen LogP contribution in [0, 0.1) is 0 Å². The maximum atomic E-state index is 12.9. The normalized spacial score (nSPS) is 13.7. The highest BCUT2D eigenvalue weighted by atomic mass is 31.2. The van der Waals surface area contributed by atoms with Gasteiger partial charge in [-0.1, -0.05) is 354 Å². The van der Waals surface area contributed by atoms with Crippen molar-refractivity contribution in [2.75, 3.05) is 47.5 Å². The Labute approximate surface area is 563 Å². The number of esters is 2. The minimum Gasteiger partial charge on any atom is -0.756 e. The molecule has 9 nitrogen and oxygen atoms in total. The zero-order valence-electron chi connectivity index (χ0n) is 60.0. The van der Waals surface area contributed by atoms with Gasteiger partial charge in [0.15, 0.2) is 6.10 Å². The van der Waals surface area contributed by atoms with Gasteiger partial charge in [-0.2, -0.15) is 0 Å². The fourth-order valence-electron chi connectivity index (χ4n) is 10.8. The van der Waals surface area contributed by atoms with Gasteiger partial charge in [0.05, 0.1) is 27.7 Å². The standard InChI is InChI=1S/C81H144NO8P/c1-6-8-10-12-14-16-18-20-22-24-26-28-30-32-34-36-37-38-39-40-41-42-43-44-45-46-48-50-52-54-56-58-60-62-64-66-68-70-72-74-81(84)90-79(78-89-91(85,86)88-76-75-82(3,4)5)77-87-80(83)73-71-69-67-65-63-61-59-57-55-53-51-49-47-35-33-31-29-27-25-23-21-19-17-15-13-11-9-7-2/h8,10,14,16,20,22,26,28,32,34,37-38,40-41,43-44,46,48,79H,6-7,9,11-13,15,17-19,21,23-25,27,29-31,33,35-36,39,42,45,47,49-78H2,1-5H3/b10-8-,16-14-,22-20-,28-26-,34-32-,38-37-,41-40-,44-43-,48-46-. The lowest BCUT2D eigenvalue weighted by Gasteiger charge is -2.28. The molecule has 0 fully saturated rings. The van der Waals surface area contributed by atoms with Gasteiger partial charge in [0.2, 0.25) is 0 Å². The van der Waals surface area contributed by atoms with Crippen molar-refractivity contribution in [3.63, 3.8) is 0 Å². The Bertz CT molecular complexity index is 1910. The molecular weight excluding hydrogens is 1150 g/mol. The molecule has 0 heterocycles. The predicted octanol–water partition coefficient (Wildman–Crippen LogP) is 24.6. The third-order valence-electron chi connectivity index (χ3n) is 16.6. The molecule has 0 aliphatic carbocycles. The van der Waals surface area contributed by atoms with Gasteiger partial charge in [-0.05, 0) is 83.5 Å². The lowest BCUT2D eigenvalue weighted by Crippen LogP contribution is -2.37. The van der Waals surface area contributed by atoms with Gasteiger partial charge in [-0.25, -0.2) is 0 Å². The maximum absolute atomic E-state index is 12.9. The first-order valence-electron chi connectivity index (χ1n) is 38.1. The summed E-state index contributed by atoms with van der Waals surface area (Å²) in [5, 5.41) is 0. The Kier molecular flexibility index (Phi) is 68.4. The molecule has 0 saturated heterocycles. The number of phosphoric ester groups is 1. The van der Waals surface area contributed by atoms with E-state index in [0.29, 0.717) is 17.4 Å². The van der Waals surface area contributed by atoms with Crippen molar-refractivity contribution in [2.45, 2.75) is 347 Å². The number of nitrogens with zero attached hydrogens (tertiary/aromatic N) is 1. The highest BCUT2D eigenvalue weighted by Crippen LogP contribution is 2.38. The van der Waals surface area contributed by atoms with Crippen LogP contribution in [0.4, 0.5) is 0 Å². The summed E-state index contributed by atoms with van der Waals surface area (Å²) in [6, 6.07) is 0. The molecule has 0 aliphatic rings. The number of ether oxygens (including phenoxy) is 2. The topological polar surface area (TPSA) is 111 Å². The minimum atomic E-state index is -4.65. The fraction of sp³-hybridized carbons (Fsp3) is 0.753. The molecule has 0 radical (unpaired) electrons. The molecule has 0 aromatic rings. The van der Waals surface area contributed by atoms with E-state index >= 15 is 0 Å². The lowest BCUT2D eigenvalue weighted by molar-refractivity contribution is -0.870. The maximum Gasteiger partial charge on any atom is 0.306 e. The van der Waals surface area contributed by atoms with E-state index in [0.717, 1.165) is 103 Å². The molecule has 0 amide bonds. The van der Waals surface area contributed by atoms with Crippen molar-refractivity contribution in [2.24, 2.45) is 0 Å². The molecule has 0 aliphatic heterocycles. The molecule has 0 saturated carbocycles. The first-order valence-corrected chi connectivity index (χ1v) is 39.6. The number of carbonyl (C=O) groups is 2. The van der Waals surface area contributed by atoms with Crippen molar-refractivity contribution in [3.8, 4) is 0 Å². The van der Waals surface area contributed by atoms with E-state index in [9.17, 15) is 19.0 Å². The quantitative estimate of drug-likeness (QED) is 0.0195. The van der Waals surface area contributed by atoms with Crippen LogP contribution >= 0.6 is 7.82 Å². The van der Waals surface area contributed by atoms with Crippen molar-refractivity contribution >= 4 is 19.8 Å². The second-order valence-corrected chi connectivity index (χ2v) is 28.1. The fourth-order valence-corrected chi connectivity index (χ4v) is 11.5. The molecule has 10 heteroatoms. The smallest absolute Gasteiger partial charge is 0.306 e. The molecule has 0 aromatic carbocycles. The Morgan fingerprint density at radius 1 is 0.352 bits per heavy atom. The number of phosphoric acid groups is 1. The number of quaternary nitrogens is 1. The number of unbranched alkanes of at least 4 members (excludes halogenated alkanes) is 38. The van der Waals surface area contributed by atoms with Crippen LogP contribution in [-0.2, 0) is 32.7 Å². The minimum absolute atomic E-state index is 0.0335. The second-order valence-electron chi connectivity index (χ2n) is 26.6. The molecule has 0 spiro atoms. The van der Waals surface area contributed by atoms with E-state index in [4.69, 9.17) is 18.5 Å². The largest absolute Gasteiger partial charge is 0.756 e. The average Bonchev–Trinajstić information content (AvgIpc) is 3.30. The molecular formula is C81H144NO8P. The Hall–Kier alpha value is -3.33. The number of rotatable bonds is 70.